The maximum atomic E-state index is 12.9. The van der Waals surface area contributed by atoms with Crippen LogP contribution < -0.4 is 4.90 Å². The average molecular weight is 385 g/mol. The van der Waals surface area contributed by atoms with Crippen molar-refractivity contribution in [3.05, 3.63) is 28.2 Å². The van der Waals surface area contributed by atoms with Gasteiger partial charge in [0.1, 0.15) is 0 Å². The first-order valence-electron chi connectivity index (χ1n) is 8.33. The van der Waals surface area contributed by atoms with E-state index in [2.05, 4.69) is 0 Å². The number of imide groups is 1. The second-order valence-corrected chi connectivity index (χ2v) is 7.37. The van der Waals surface area contributed by atoms with Crippen LogP contribution in [0.15, 0.2) is 18.2 Å². The van der Waals surface area contributed by atoms with E-state index >= 15 is 0 Å². The van der Waals surface area contributed by atoms with E-state index in [9.17, 15) is 9.59 Å². The fourth-order valence-corrected chi connectivity index (χ4v) is 4.27. The molecular formula is C17H18Cl2N2O4. The maximum absolute atomic E-state index is 12.9. The molecule has 6 nitrogen and oxygen atoms in total. The molecule has 0 aliphatic carbocycles. The summed E-state index contributed by atoms with van der Waals surface area (Å²) in [4.78, 5) is 28.6. The Morgan fingerprint density at radius 1 is 1.08 bits per heavy atom. The number of amides is 2. The molecular weight excluding hydrogens is 367 g/mol. The number of likely N-dealkylation sites (tertiary alicyclic amines) is 1. The van der Waals surface area contributed by atoms with Crippen molar-refractivity contribution in [3.63, 3.8) is 0 Å². The number of carbonyl (C=O) groups excluding carboxylic acids is 2. The summed E-state index contributed by atoms with van der Waals surface area (Å²) in [5, 5.41) is 0.752. The molecule has 3 aliphatic heterocycles. The topological polar surface area (TPSA) is 59.1 Å². The van der Waals surface area contributed by atoms with Crippen LogP contribution in [0.25, 0.3) is 0 Å². The van der Waals surface area contributed by atoms with Gasteiger partial charge in [0, 0.05) is 31.0 Å². The Morgan fingerprint density at radius 2 is 1.76 bits per heavy atom. The summed E-state index contributed by atoms with van der Waals surface area (Å²) in [5.74, 6) is -0.979. The molecule has 3 aliphatic rings. The summed E-state index contributed by atoms with van der Waals surface area (Å²) in [7, 11) is 0. The van der Waals surface area contributed by atoms with E-state index < -0.39 is 11.8 Å². The Morgan fingerprint density at radius 3 is 2.40 bits per heavy atom. The summed E-state index contributed by atoms with van der Waals surface area (Å²) in [6.07, 6.45) is 1.56. The quantitative estimate of drug-likeness (QED) is 0.733. The van der Waals surface area contributed by atoms with Crippen molar-refractivity contribution in [1.29, 1.82) is 0 Å². The molecule has 0 radical (unpaired) electrons. The summed E-state index contributed by atoms with van der Waals surface area (Å²) >= 11 is 12.1. The van der Waals surface area contributed by atoms with Gasteiger partial charge in [-0.2, -0.15) is 0 Å². The third-order valence-electron chi connectivity index (χ3n) is 5.09. The molecule has 8 heteroatoms. The average Bonchev–Trinajstić information content (AvgIpc) is 3.15. The predicted molar refractivity (Wildman–Crippen MR) is 92.8 cm³/mol. The minimum Gasteiger partial charge on any atom is -0.347 e. The van der Waals surface area contributed by atoms with E-state index in [0.717, 1.165) is 0 Å². The van der Waals surface area contributed by atoms with Gasteiger partial charge >= 0.3 is 0 Å². The predicted octanol–water partition coefficient (Wildman–Crippen LogP) is 2.46. The molecule has 2 amide bonds. The van der Waals surface area contributed by atoms with E-state index in [0.29, 0.717) is 54.9 Å². The first kappa shape index (κ1) is 17.2. The summed E-state index contributed by atoms with van der Waals surface area (Å²) in [6, 6.07) is 4.30. The minimum atomic E-state index is -0.499. The summed E-state index contributed by atoms with van der Waals surface area (Å²) < 4.78 is 11.4. The first-order valence-corrected chi connectivity index (χ1v) is 9.08. The number of piperidine rings is 1. The highest BCUT2D eigenvalue weighted by Crippen LogP contribution is 2.36. The lowest BCUT2D eigenvalue weighted by Gasteiger charge is -2.39. The molecule has 1 spiro atoms. The van der Waals surface area contributed by atoms with Gasteiger partial charge in [0.2, 0.25) is 5.91 Å². The Bertz CT molecular complexity index is 711. The number of hydrogen-bond acceptors (Lipinski definition) is 5. The smallest absolute Gasteiger partial charge is 0.251 e. The van der Waals surface area contributed by atoms with Gasteiger partial charge in [-0.25, -0.2) is 4.90 Å². The highest BCUT2D eigenvalue weighted by atomic mass is 35.5. The lowest BCUT2D eigenvalue weighted by atomic mass is 10.0. The third-order valence-corrected chi connectivity index (χ3v) is 5.63. The molecule has 0 unspecified atom stereocenters. The standard InChI is InChI=1S/C17H18Cl2N2O4/c18-11-1-2-13(12(19)9-11)21-15(22)10-14(16(21)23)20-5-3-17(4-6-20)24-7-8-25-17/h1-2,9,14H,3-8,10H2/t14-/m1/s1. The SMILES string of the molecule is O=C1C[C@@H](N2CCC3(CC2)OCCO3)C(=O)N1c1ccc(Cl)cc1Cl. The molecule has 1 aromatic rings. The van der Waals surface area contributed by atoms with Crippen molar-refractivity contribution >= 4 is 40.7 Å². The fourth-order valence-electron chi connectivity index (χ4n) is 3.78. The van der Waals surface area contributed by atoms with E-state index in [1.54, 1.807) is 12.1 Å². The zero-order chi connectivity index (χ0) is 17.6. The molecule has 25 heavy (non-hydrogen) atoms. The highest BCUT2D eigenvalue weighted by molar-refractivity contribution is 6.38. The molecule has 0 saturated carbocycles. The van der Waals surface area contributed by atoms with Crippen LogP contribution in [-0.2, 0) is 19.1 Å². The number of benzene rings is 1. The van der Waals surface area contributed by atoms with E-state index in [-0.39, 0.29) is 18.2 Å². The molecule has 1 atom stereocenters. The van der Waals surface area contributed by atoms with Crippen molar-refractivity contribution in [1.82, 2.24) is 4.90 Å². The van der Waals surface area contributed by atoms with Crippen LogP contribution in [0.3, 0.4) is 0 Å². The lowest BCUT2D eigenvalue weighted by Crippen LogP contribution is -2.51. The van der Waals surface area contributed by atoms with Crippen LogP contribution in [0.4, 0.5) is 5.69 Å². The maximum Gasteiger partial charge on any atom is 0.251 e. The van der Waals surface area contributed by atoms with Crippen molar-refractivity contribution < 1.29 is 19.1 Å². The molecule has 0 bridgehead atoms. The van der Waals surface area contributed by atoms with E-state index in [4.69, 9.17) is 32.7 Å². The lowest BCUT2D eigenvalue weighted by molar-refractivity contribution is -0.188. The van der Waals surface area contributed by atoms with Crippen molar-refractivity contribution in [2.24, 2.45) is 0 Å². The number of anilines is 1. The first-order chi connectivity index (χ1) is 12.0. The van der Waals surface area contributed by atoms with Crippen molar-refractivity contribution in [2.75, 3.05) is 31.2 Å². The molecule has 0 aromatic heterocycles. The number of halogens is 2. The second-order valence-electron chi connectivity index (χ2n) is 6.53. The molecule has 3 saturated heterocycles. The number of nitrogens with zero attached hydrogens (tertiary/aromatic N) is 2. The number of rotatable bonds is 2. The zero-order valence-corrected chi connectivity index (χ0v) is 15.1. The van der Waals surface area contributed by atoms with Crippen LogP contribution in [0.1, 0.15) is 19.3 Å². The van der Waals surface area contributed by atoms with Crippen molar-refractivity contribution in [3.8, 4) is 0 Å². The summed E-state index contributed by atoms with van der Waals surface area (Å²) in [6.45, 7) is 2.55. The number of hydrogen-bond donors (Lipinski definition) is 0. The largest absolute Gasteiger partial charge is 0.347 e. The van der Waals surface area contributed by atoms with Crippen LogP contribution in [0, 0.1) is 0 Å². The van der Waals surface area contributed by atoms with Gasteiger partial charge in [0.15, 0.2) is 5.79 Å². The van der Waals surface area contributed by atoms with Gasteiger partial charge in [-0.05, 0) is 18.2 Å². The molecule has 1 aromatic carbocycles. The normalized spacial score (nSPS) is 26.8. The van der Waals surface area contributed by atoms with Crippen LogP contribution >= 0.6 is 23.2 Å². The molecule has 4 rings (SSSR count). The van der Waals surface area contributed by atoms with Gasteiger partial charge in [0.05, 0.1) is 36.4 Å². The summed E-state index contributed by atoms with van der Waals surface area (Å²) in [5.41, 5.74) is 0.388. The van der Waals surface area contributed by atoms with Gasteiger partial charge in [-0.1, -0.05) is 23.2 Å². The monoisotopic (exact) mass is 384 g/mol. The zero-order valence-electron chi connectivity index (χ0n) is 13.5. The third kappa shape index (κ3) is 3.06. The van der Waals surface area contributed by atoms with Gasteiger partial charge < -0.3 is 9.47 Å². The number of carbonyl (C=O) groups is 2. The van der Waals surface area contributed by atoms with Crippen LogP contribution in [-0.4, -0.2) is 54.8 Å². The van der Waals surface area contributed by atoms with Gasteiger partial charge in [-0.3, -0.25) is 14.5 Å². The van der Waals surface area contributed by atoms with E-state index in [1.807, 2.05) is 4.90 Å². The second kappa shape index (κ2) is 6.52. The van der Waals surface area contributed by atoms with Crippen molar-refractivity contribution in [2.45, 2.75) is 31.1 Å². The molecule has 3 heterocycles. The Balaban J connectivity index is 1.50. The number of ether oxygens (including phenoxy) is 2. The molecule has 134 valence electrons. The molecule has 3 fully saturated rings. The fraction of sp³-hybridized carbons (Fsp3) is 0.529. The van der Waals surface area contributed by atoms with E-state index in [1.165, 1.54) is 11.0 Å². The Hall–Kier alpha value is -1.18. The minimum absolute atomic E-state index is 0.159. The molecule has 0 N–H and O–H groups in total. The Labute approximate surface area is 155 Å². The Kier molecular flexibility index (Phi) is 4.50. The van der Waals surface area contributed by atoms with Gasteiger partial charge in [-0.15, -0.1) is 0 Å². The highest BCUT2D eigenvalue weighted by Gasteiger charge is 2.47. The van der Waals surface area contributed by atoms with Gasteiger partial charge in [0.25, 0.3) is 5.91 Å². The van der Waals surface area contributed by atoms with Crippen LogP contribution in [0.2, 0.25) is 10.0 Å². The van der Waals surface area contributed by atoms with Crippen LogP contribution in [0.5, 0.6) is 0 Å².